The minimum atomic E-state index is -4.80. The maximum absolute atomic E-state index is 13.6. The Balaban J connectivity index is 2.30. The lowest BCUT2D eigenvalue weighted by atomic mass is 10.0. The molecule has 3 aromatic rings. The smallest absolute Gasteiger partial charge is 0.303 e. The van der Waals surface area contributed by atoms with Crippen molar-refractivity contribution in [3.8, 4) is 17.3 Å². The van der Waals surface area contributed by atoms with Gasteiger partial charge in [-0.15, -0.1) is 0 Å². The van der Waals surface area contributed by atoms with Crippen LogP contribution < -0.4 is 5.56 Å². The molecule has 0 saturated heterocycles. The third-order valence-electron chi connectivity index (χ3n) is 4.81. The van der Waals surface area contributed by atoms with Gasteiger partial charge in [0.15, 0.2) is 0 Å². The highest BCUT2D eigenvalue weighted by Gasteiger charge is 2.36. The van der Waals surface area contributed by atoms with Crippen LogP contribution in [0.4, 0.5) is 13.2 Å². The Hall–Kier alpha value is -3.33. The summed E-state index contributed by atoms with van der Waals surface area (Å²) in [5.74, 6) is 0. The molecule has 3 rings (SSSR count). The van der Waals surface area contributed by atoms with Crippen LogP contribution in [0.5, 0.6) is 0 Å². The normalized spacial score (nSPS) is 11.3. The lowest BCUT2D eigenvalue weighted by Gasteiger charge is -2.18. The second-order valence-electron chi connectivity index (χ2n) is 6.86. The number of nitrogens with zero attached hydrogens (tertiary/aromatic N) is 2. The van der Waals surface area contributed by atoms with Gasteiger partial charge in [-0.2, -0.15) is 18.4 Å². The van der Waals surface area contributed by atoms with Crippen LogP contribution in [-0.4, -0.2) is 4.57 Å². The molecule has 0 amide bonds. The molecule has 2 aromatic carbocycles. The first kappa shape index (κ1) is 20.4. The summed E-state index contributed by atoms with van der Waals surface area (Å²) in [6.45, 7) is 3.93. The van der Waals surface area contributed by atoms with Crippen molar-refractivity contribution in [1.29, 1.82) is 5.26 Å². The third kappa shape index (κ3) is 4.24. The average Bonchev–Trinajstić information content (AvgIpc) is 2.70. The Morgan fingerprint density at radius 1 is 1.03 bits per heavy atom. The quantitative estimate of drug-likeness (QED) is 0.599. The van der Waals surface area contributed by atoms with Gasteiger partial charge in [0.1, 0.15) is 11.6 Å². The van der Waals surface area contributed by atoms with E-state index in [2.05, 4.69) is 0 Å². The van der Waals surface area contributed by atoms with Gasteiger partial charge in [-0.1, -0.05) is 55.0 Å². The van der Waals surface area contributed by atoms with Gasteiger partial charge in [0.05, 0.1) is 17.8 Å². The Bertz CT molecular complexity index is 1140. The zero-order chi connectivity index (χ0) is 21.2. The molecule has 0 aliphatic heterocycles. The number of rotatable bonds is 4. The van der Waals surface area contributed by atoms with Crippen molar-refractivity contribution in [2.45, 2.75) is 33.0 Å². The van der Waals surface area contributed by atoms with Gasteiger partial charge in [0, 0.05) is 0 Å². The zero-order valence-electron chi connectivity index (χ0n) is 16.0. The summed E-state index contributed by atoms with van der Waals surface area (Å²) in [5.41, 5.74) is 0.328. The topological polar surface area (TPSA) is 45.8 Å². The van der Waals surface area contributed by atoms with E-state index in [9.17, 15) is 23.2 Å². The second-order valence-corrected chi connectivity index (χ2v) is 6.86. The molecule has 3 nitrogen and oxygen atoms in total. The molecule has 0 spiro atoms. The van der Waals surface area contributed by atoms with E-state index in [1.165, 1.54) is 10.6 Å². The molecular weight excluding hydrogens is 377 g/mol. The monoisotopic (exact) mass is 396 g/mol. The summed E-state index contributed by atoms with van der Waals surface area (Å²) < 4.78 is 41.9. The molecule has 0 N–H and O–H groups in total. The lowest BCUT2D eigenvalue weighted by Crippen LogP contribution is -2.28. The van der Waals surface area contributed by atoms with Crippen molar-refractivity contribution >= 4 is 0 Å². The Labute approximate surface area is 166 Å². The number of benzene rings is 2. The van der Waals surface area contributed by atoms with Crippen molar-refractivity contribution in [1.82, 2.24) is 4.57 Å². The molecule has 0 fully saturated rings. The predicted molar refractivity (Wildman–Crippen MR) is 106 cm³/mol. The molecule has 0 saturated carbocycles. The van der Waals surface area contributed by atoms with E-state index < -0.39 is 22.9 Å². The number of hydrogen-bond acceptors (Lipinski definition) is 2. The lowest BCUT2D eigenvalue weighted by molar-refractivity contribution is -0.137. The maximum atomic E-state index is 13.6. The first-order chi connectivity index (χ1) is 13.7. The number of aryl methyl sites for hydroxylation is 2. The average molecular weight is 396 g/mol. The summed E-state index contributed by atoms with van der Waals surface area (Å²) >= 11 is 0. The number of pyridine rings is 1. The van der Waals surface area contributed by atoms with E-state index in [1.54, 1.807) is 18.2 Å². The fraction of sp³-hybridized carbons (Fsp3) is 0.217. The Morgan fingerprint density at radius 3 is 2.31 bits per heavy atom. The third-order valence-corrected chi connectivity index (χ3v) is 4.81. The van der Waals surface area contributed by atoms with Crippen LogP contribution in [0.2, 0.25) is 0 Å². The highest BCUT2D eigenvalue weighted by atomic mass is 19.4. The summed E-state index contributed by atoms with van der Waals surface area (Å²) in [6, 6.07) is 16.8. The number of hydrogen-bond donors (Lipinski definition) is 0. The number of halogens is 3. The molecule has 0 unspecified atom stereocenters. The van der Waals surface area contributed by atoms with Gasteiger partial charge in [0.25, 0.3) is 5.56 Å². The maximum Gasteiger partial charge on any atom is 0.417 e. The largest absolute Gasteiger partial charge is 0.417 e. The highest BCUT2D eigenvalue weighted by Crippen LogP contribution is 2.34. The summed E-state index contributed by atoms with van der Waals surface area (Å²) in [4.78, 5) is 12.9. The standard InChI is InChI=1S/C23H19F3N2O/c1-3-16-5-4-6-18(11-16)21-12-20(23(24,25)26)19(13-27)22(29)28(21)14-17-9-7-15(2)8-10-17/h4-12H,3,14H2,1-2H3. The highest BCUT2D eigenvalue weighted by molar-refractivity contribution is 5.63. The zero-order valence-corrected chi connectivity index (χ0v) is 16.0. The molecule has 29 heavy (non-hydrogen) atoms. The minimum Gasteiger partial charge on any atom is -0.303 e. The van der Waals surface area contributed by atoms with Crippen LogP contribution in [0.15, 0.2) is 59.4 Å². The Kier molecular flexibility index (Phi) is 5.60. The van der Waals surface area contributed by atoms with E-state index in [0.717, 1.165) is 22.8 Å². The van der Waals surface area contributed by atoms with E-state index in [1.807, 2.05) is 44.2 Å². The molecule has 148 valence electrons. The first-order valence-corrected chi connectivity index (χ1v) is 9.14. The van der Waals surface area contributed by atoms with Crippen LogP contribution in [0.1, 0.15) is 34.7 Å². The van der Waals surface area contributed by atoms with Crippen molar-refractivity contribution in [3.05, 3.63) is 92.8 Å². The number of nitriles is 1. The van der Waals surface area contributed by atoms with Crippen molar-refractivity contribution in [2.75, 3.05) is 0 Å². The van der Waals surface area contributed by atoms with E-state index >= 15 is 0 Å². The fourth-order valence-electron chi connectivity index (χ4n) is 3.20. The molecular formula is C23H19F3N2O. The molecule has 0 aliphatic carbocycles. The second kappa shape index (κ2) is 7.96. The Morgan fingerprint density at radius 2 is 1.72 bits per heavy atom. The minimum absolute atomic E-state index is 0.0671. The van der Waals surface area contributed by atoms with E-state index in [0.29, 0.717) is 12.0 Å². The van der Waals surface area contributed by atoms with Crippen molar-refractivity contribution in [2.24, 2.45) is 0 Å². The van der Waals surface area contributed by atoms with Crippen LogP contribution in [-0.2, 0) is 19.1 Å². The summed E-state index contributed by atoms with van der Waals surface area (Å²) in [6.07, 6.45) is -4.09. The molecule has 0 bridgehead atoms. The van der Waals surface area contributed by atoms with Gasteiger partial charge >= 0.3 is 6.18 Å². The SMILES string of the molecule is CCc1cccc(-c2cc(C(F)(F)F)c(C#N)c(=O)n2Cc2ccc(C)cc2)c1. The molecule has 0 aliphatic rings. The molecule has 1 heterocycles. The van der Waals surface area contributed by atoms with Crippen LogP contribution in [0, 0.1) is 18.3 Å². The van der Waals surface area contributed by atoms with Crippen molar-refractivity contribution < 1.29 is 13.2 Å². The van der Waals surface area contributed by atoms with E-state index in [4.69, 9.17) is 0 Å². The summed E-state index contributed by atoms with van der Waals surface area (Å²) in [7, 11) is 0. The molecule has 0 radical (unpaired) electrons. The van der Waals surface area contributed by atoms with Crippen LogP contribution in [0.25, 0.3) is 11.3 Å². The van der Waals surface area contributed by atoms with Gasteiger partial charge in [-0.25, -0.2) is 0 Å². The molecule has 0 atom stereocenters. The first-order valence-electron chi connectivity index (χ1n) is 9.14. The van der Waals surface area contributed by atoms with Crippen LogP contribution >= 0.6 is 0 Å². The van der Waals surface area contributed by atoms with Gasteiger partial charge in [-0.05, 0) is 42.2 Å². The van der Waals surface area contributed by atoms with Crippen LogP contribution in [0.3, 0.4) is 0 Å². The number of aromatic nitrogens is 1. The summed E-state index contributed by atoms with van der Waals surface area (Å²) in [5, 5.41) is 9.27. The van der Waals surface area contributed by atoms with Crippen molar-refractivity contribution in [3.63, 3.8) is 0 Å². The van der Waals surface area contributed by atoms with Gasteiger partial charge < -0.3 is 4.57 Å². The predicted octanol–water partition coefficient (Wildman–Crippen LogP) is 5.32. The molecule has 1 aromatic heterocycles. The van der Waals surface area contributed by atoms with Gasteiger partial charge in [-0.3, -0.25) is 4.79 Å². The fourth-order valence-corrected chi connectivity index (χ4v) is 3.20. The van der Waals surface area contributed by atoms with E-state index in [-0.39, 0.29) is 12.2 Å². The molecule has 6 heteroatoms. The number of alkyl halides is 3. The van der Waals surface area contributed by atoms with Gasteiger partial charge in [0.2, 0.25) is 0 Å².